The molecule has 0 spiro atoms. The van der Waals surface area contributed by atoms with Crippen LogP contribution < -0.4 is 0 Å². The van der Waals surface area contributed by atoms with Crippen LogP contribution in [-0.2, 0) is 0 Å². The van der Waals surface area contributed by atoms with Gasteiger partial charge in [0.25, 0.3) is 0 Å². The quantitative estimate of drug-likeness (QED) is 0.543. The third-order valence-electron chi connectivity index (χ3n) is 2.96. The molecule has 0 nitrogen and oxygen atoms in total. The number of hydrogen-bond donors (Lipinski definition) is 0. The predicted molar refractivity (Wildman–Crippen MR) is 70.5 cm³/mol. The van der Waals surface area contributed by atoms with E-state index < -0.39 is 18.4 Å². The van der Waals surface area contributed by atoms with Crippen LogP contribution in [0.25, 0.3) is 0 Å². The first kappa shape index (κ1) is 14.5. The molecule has 0 atom stereocenters. The zero-order valence-corrected chi connectivity index (χ0v) is 13.5. The minimum atomic E-state index is -1.74. The van der Waals surface area contributed by atoms with Crippen LogP contribution in [0.4, 0.5) is 0 Å². The van der Waals surface area contributed by atoms with Gasteiger partial charge in [-0.1, -0.05) is 0 Å². The van der Waals surface area contributed by atoms with Gasteiger partial charge in [-0.25, -0.2) is 0 Å². The molecule has 0 radical (unpaired) electrons. The van der Waals surface area contributed by atoms with Crippen molar-refractivity contribution >= 4 is 18.4 Å². The van der Waals surface area contributed by atoms with Crippen molar-refractivity contribution in [3.05, 3.63) is 10.2 Å². The molecule has 0 aromatic heterocycles. The first-order valence-corrected chi connectivity index (χ1v) is 14.9. The van der Waals surface area contributed by atoms with Crippen LogP contribution in [0.5, 0.6) is 0 Å². The van der Waals surface area contributed by atoms with Gasteiger partial charge in [-0.05, 0) is 0 Å². The van der Waals surface area contributed by atoms with Crippen molar-refractivity contribution < 1.29 is 0 Å². The van der Waals surface area contributed by atoms with E-state index in [1.165, 1.54) is 32.1 Å². The van der Waals surface area contributed by atoms with E-state index in [0.717, 1.165) is 0 Å². The summed E-state index contributed by atoms with van der Waals surface area (Å²) in [6.45, 7) is 6.88. The third kappa shape index (κ3) is 6.91. The molecular weight excluding hydrogens is 275 g/mol. The molecule has 84 valence electrons. The fourth-order valence-electron chi connectivity index (χ4n) is 1.86. The fourth-order valence-corrected chi connectivity index (χ4v) is 12.4. The molecule has 0 fully saturated rings. The van der Waals surface area contributed by atoms with Crippen LogP contribution in [0, 0.1) is 0 Å². The van der Waals surface area contributed by atoms with E-state index in [9.17, 15) is 0 Å². The van der Waals surface area contributed by atoms with Gasteiger partial charge in [0.2, 0.25) is 0 Å². The van der Waals surface area contributed by atoms with Crippen molar-refractivity contribution in [1.82, 2.24) is 0 Å². The van der Waals surface area contributed by atoms with Gasteiger partial charge in [0, 0.05) is 0 Å². The van der Waals surface area contributed by atoms with Gasteiger partial charge in [0.05, 0.1) is 0 Å². The van der Waals surface area contributed by atoms with Crippen LogP contribution in [-0.4, -0.2) is 18.4 Å². The molecule has 0 bridgehead atoms. The Balaban J connectivity index is 4.09. The van der Waals surface area contributed by atoms with Gasteiger partial charge in [-0.3, -0.25) is 0 Å². The zero-order chi connectivity index (χ0) is 10.9. The molecule has 1 heteroatoms. The topological polar surface area (TPSA) is 0 Å². The van der Waals surface area contributed by atoms with E-state index in [1.54, 1.807) is 8.87 Å². The van der Waals surface area contributed by atoms with Crippen LogP contribution in [0.3, 0.4) is 0 Å². The van der Waals surface area contributed by atoms with Crippen molar-refractivity contribution in [2.75, 3.05) is 0 Å². The summed E-state index contributed by atoms with van der Waals surface area (Å²) in [5, 5.41) is 0. The Morgan fingerprint density at radius 1 is 0.929 bits per heavy atom. The van der Waals surface area contributed by atoms with Gasteiger partial charge >= 0.3 is 95.2 Å². The Bertz CT molecular complexity index is 141. The second kappa shape index (κ2) is 8.82. The van der Waals surface area contributed by atoms with Gasteiger partial charge in [0.15, 0.2) is 0 Å². The Labute approximate surface area is 95.0 Å². The van der Waals surface area contributed by atoms with E-state index in [1.807, 2.05) is 0 Å². The van der Waals surface area contributed by atoms with Crippen LogP contribution >= 0.6 is 0 Å². The average Bonchev–Trinajstić information content (AvgIpc) is 2.21. The average molecular weight is 303 g/mol. The SMILES string of the molecule is CC/C=[CH]/[Sn]([CH3])([CH2]CCC)[CH2]CCC. The summed E-state index contributed by atoms with van der Waals surface area (Å²) in [5.41, 5.74) is 0. The summed E-state index contributed by atoms with van der Waals surface area (Å²) < 4.78 is 5.81. The summed E-state index contributed by atoms with van der Waals surface area (Å²) in [7, 11) is 0. The first-order chi connectivity index (χ1) is 6.68. The van der Waals surface area contributed by atoms with Crippen LogP contribution in [0.1, 0.15) is 52.9 Å². The second-order valence-electron chi connectivity index (χ2n) is 4.67. The summed E-state index contributed by atoms with van der Waals surface area (Å²) in [6, 6.07) is 0. The Morgan fingerprint density at radius 3 is 1.79 bits per heavy atom. The van der Waals surface area contributed by atoms with E-state index in [2.05, 4.69) is 35.9 Å². The summed E-state index contributed by atoms with van der Waals surface area (Å²) >= 11 is -1.74. The number of hydrogen-bond acceptors (Lipinski definition) is 0. The normalized spacial score (nSPS) is 12.6. The van der Waals surface area contributed by atoms with E-state index in [4.69, 9.17) is 0 Å². The summed E-state index contributed by atoms with van der Waals surface area (Å²) in [4.78, 5) is 2.63. The second-order valence-corrected chi connectivity index (χ2v) is 17.9. The molecule has 0 saturated heterocycles. The molecule has 0 saturated carbocycles. The van der Waals surface area contributed by atoms with E-state index in [-0.39, 0.29) is 0 Å². The van der Waals surface area contributed by atoms with Crippen molar-refractivity contribution in [1.29, 1.82) is 0 Å². The summed E-state index contributed by atoms with van der Waals surface area (Å²) in [5.74, 6) is 0. The molecule has 0 aliphatic rings. The fraction of sp³-hybridized carbons (Fsp3) is 0.846. The molecule has 0 aromatic carbocycles. The number of rotatable bonds is 8. The van der Waals surface area contributed by atoms with Crippen LogP contribution in [0.15, 0.2) is 10.2 Å². The maximum atomic E-state index is 2.67. The number of unbranched alkanes of at least 4 members (excludes halogenated alkanes) is 2. The third-order valence-corrected chi connectivity index (χ3v) is 14.5. The van der Waals surface area contributed by atoms with Crippen molar-refractivity contribution in [3.8, 4) is 0 Å². The maximum absolute atomic E-state index is 2.67. The van der Waals surface area contributed by atoms with E-state index in [0.29, 0.717) is 0 Å². The molecule has 0 aliphatic carbocycles. The number of allylic oxidation sites excluding steroid dienone is 1. The molecule has 14 heavy (non-hydrogen) atoms. The van der Waals surface area contributed by atoms with Gasteiger partial charge in [-0.2, -0.15) is 0 Å². The molecule has 0 unspecified atom stereocenters. The minimum absolute atomic E-state index is 1.23. The standard InChI is InChI=1S/2C4H9.C4H7.CH3.Sn/c3*1-3-4-2;;/h2*1,3-4H2,2H3;1,3H,4H2,2H3;1H3;. The molecule has 0 aliphatic heterocycles. The molecule has 0 N–H and O–H groups in total. The van der Waals surface area contributed by atoms with Crippen molar-refractivity contribution in [3.63, 3.8) is 0 Å². The Kier molecular flexibility index (Phi) is 9.15. The predicted octanol–water partition coefficient (Wildman–Crippen LogP) is 5.17. The van der Waals surface area contributed by atoms with Gasteiger partial charge < -0.3 is 0 Å². The molecular formula is C13H28Sn. The van der Waals surface area contributed by atoms with Crippen LogP contribution in [0.2, 0.25) is 13.8 Å². The summed E-state index contributed by atoms with van der Waals surface area (Å²) in [6.07, 6.45) is 9.33. The van der Waals surface area contributed by atoms with E-state index >= 15 is 0 Å². The van der Waals surface area contributed by atoms with Gasteiger partial charge in [0.1, 0.15) is 0 Å². The molecule has 0 amide bonds. The monoisotopic (exact) mass is 304 g/mol. The van der Waals surface area contributed by atoms with Crippen molar-refractivity contribution in [2.24, 2.45) is 0 Å². The Hall–Kier alpha value is 0.539. The van der Waals surface area contributed by atoms with Gasteiger partial charge in [-0.15, -0.1) is 0 Å². The Morgan fingerprint density at radius 2 is 1.43 bits per heavy atom. The zero-order valence-electron chi connectivity index (χ0n) is 10.6. The van der Waals surface area contributed by atoms with Crippen molar-refractivity contribution in [2.45, 2.75) is 66.7 Å². The molecule has 0 aromatic rings. The first-order valence-electron chi connectivity index (χ1n) is 6.36. The molecule has 0 rings (SSSR count). The molecule has 0 heterocycles.